The molecule has 0 aliphatic heterocycles. The molecule has 5 nitrogen and oxygen atoms in total. The fourth-order valence-electron chi connectivity index (χ4n) is 2.92. The first-order chi connectivity index (χ1) is 14.2. The molecule has 7 heteroatoms. The lowest BCUT2D eigenvalue weighted by molar-refractivity contribution is -0.118. The van der Waals surface area contributed by atoms with E-state index in [1.165, 1.54) is 11.8 Å². The highest BCUT2D eigenvalue weighted by atomic mass is 35.5. The van der Waals surface area contributed by atoms with E-state index in [0.29, 0.717) is 22.4 Å². The Morgan fingerprint density at radius 2 is 1.83 bits per heavy atom. The standard InChI is InChI=1S/C22H25ClN4OS/c1-2-3-7-14-24-21(28)16-29-22-26-25-20(15-17-8-5-4-6-9-17)27(22)19-12-10-18(23)11-13-19/h4-6,8-13H,2-3,7,14-16H2,1H3,(H,24,28). The zero-order valence-electron chi connectivity index (χ0n) is 16.5. The third-order valence-corrected chi connectivity index (χ3v) is 5.61. The SMILES string of the molecule is CCCCCNC(=O)CSc1nnc(Cc2ccccc2)n1-c1ccc(Cl)cc1. The first kappa shape index (κ1) is 21.4. The number of nitrogens with one attached hydrogen (secondary N) is 1. The van der Waals surface area contributed by atoms with Gasteiger partial charge in [0.05, 0.1) is 5.75 Å². The van der Waals surface area contributed by atoms with Gasteiger partial charge >= 0.3 is 0 Å². The monoisotopic (exact) mass is 428 g/mol. The van der Waals surface area contributed by atoms with Crippen LogP contribution in [0.5, 0.6) is 0 Å². The third-order valence-electron chi connectivity index (χ3n) is 4.43. The molecule has 29 heavy (non-hydrogen) atoms. The van der Waals surface area contributed by atoms with Crippen LogP contribution in [0.4, 0.5) is 0 Å². The predicted molar refractivity (Wildman–Crippen MR) is 119 cm³/mol. The number of aromatic nitrogens is 3. The normalized spacial score (nSPS) is 10.8. The van der Waals surface area contributed by atoms with Crippen LogP contribution in [0.25, 0.3) is 5.69 Å². The molecule has 0 atom stereocenters. The zero-order valence-corrected chi connectivity index (χ0v) is 18.0. The molecule has 0 radical (unpaired) electrons. The van der Waals surface area contributed by atoms with E-state index in [1.807, 2.05) is 47.0 Å². The molecule has 2 aromatic carbocycles. The van der Waals surface area contributed by atoms with Gasteiger partial charge in [-0.05, 0) is 36.2 Å². The Bertz CT molecular complexity index is 912. The van der Waals surface area contributed by atoms with Gasteiger partial charge in [0.1, 0.15) is 5.82 Å². The van der Waals surface area contributed by atoms with E-state index >= 15 is 0 Å². The summed E-state index contributed by atoms with van der Waals surface area (Å²) in [6, 6.07) is 17.7. The highest BCUT2D eigenvalue weighted by Crippen LogP contribution is 2.24. The minimum atomic E-state index is 0.0152. The van der Waals surface area contributed by atoms with Crippen molar-refractivity contribution in [2.75, 3.05) is 12.3 Å². The number of benzene rings is 2. The summed E-state index contributed by atoms with van der Waals surface area (Å²) in [7, 11) is 0. The number of hydrogen-bond acceptors (Lipinski definition) is 4. The van der Waals surface area contributed by atoms with Crippen LogP contribution in [0.1, 0.15) is 37.6 Å². The van der Waals surface area contributed by atoms with Crippen LogP contribution in [-0.4, -0.2) is 33.0 Å². The molecule has 0 unspecified atom stereocenters. The Balaban J connectivity index is 1.76. The van der Waals surface area contributed by atoms with Crippen molar-refractivity contribution in [1.82, 2.24) is 20.1 Å². The van der Waals surface area contributed by atoms with Gasteiger partial charge in [0.2, 0.25) is 5.91 Å². The molecule has 0 aliphatic carbocycles. The van der Waals surface area contributed by atoms with Gasteiger partial charge in [-0.15, -0.1) is 10.2 Å². The van der Waals surface area contributed by atoms with E-state index in [2.05, 4.69) is 34.6 Å². The number of amides is 1. The van der Waals surface area contributed by atoms with Crippen LogP contribution in [0.2, 0.25) is 5.02 Å². The van der Waals surface area contributed by atoms with E-state index in [1.54, 1.807) is 0 Å². The molecule has 0 saturated carbocycles. The van der Waals surface area contributed by atoms with Crippen LogP contribution in [0.3, 0.4) is 0 Å². The molecule has 3 aromatic rings. The van der Waals surface area contributed by atoms with Crippen molar-refractivity contribution in [1.29, 1.82) is 0 Å². The predicted octanol–water partition coefficient (Wildman–Crippen LogP) is 4.91. The second-order valence-electron chi connectivity index (χ2n) is 6.72. The molecule has 1 amide bonds. The van der Waals surface area contributed by atoms with Crippen molar-refractivity contribution in [3.8, 4) is 5.69 Å². The Kier molecular flexibility index (Phi) is 8.14. The van der Waals surface area contributed by atoms with Crippen molar-refractivity contribution in [2.45, 2.75) is 37.8 Å². The number of carbonyl (C=O) groups is 1. The summed E-state index contributed by atoms with van der Waals surface area (Å²) in [4.78, 5) is 12.2. The molecule has 1 aromatic heterocycles. The van der Waals surface area contributed by atoms with Crippen LogP contribution < -0.4 is 5.32 Å². The summed E-state index contributed by atoms with van der Waals surface area (Å²) >= 11 is 7.45. The van der Waals surface area contributed by atoms with Gasteiger partial charge in [-0.25, -0.2) is 0 Å². The molecule has 1 N–H and O–H groups in total. The largest absolute Gasteiger partial charge is 0.355 e. The molecule has 0 fully saturated rings. The van der Waals surface area contributed by atoms with Crippen molar-refractivity contribution in [3.63, 3.8) is 0 Å². The molecule has 0 saturated heterocycles. The lowest BCUT2D eigenvalue weighted by atomic mass is 10.1. The summed E-state index contributed by atoms with van der Waals surface area (Å²) in [5.41, 5.74) is 2.08. The van der Waals surface area contributed by atoms with E-state index in [-0.39, 0.29) is 5.91 Å². The van der Waals surface area contributed by atoms with Gasteiger partial charge < -0.3 is 5.32 Å². The van der Waals surface area contributed by atoms with Crippen molar-refractivity contribution < 1.29 is 4.79 Å². The summed E-state index contributed by atoms with van der Waals surface area (Å²) < 4.78 is 2.00. The van der Waals surface area contributed by atoms with Crippen molar-refractivity contribution >= 4 is 29.3 Å². The molecule has 1 heterocycles. The maximum Gasteiger partial charge on any atom is 0.230 e. The van der Waals surface area contributed by atoms with Gasteiger partial charge in [-0.2, -0.15) is 0 Å². The fourth-order valence-corrected chi connectivity index (χ4v) is 3.85. The highest BCUT2D eigenvalue weighted by Gasteiger charge is 2.16. The third kappa shape index (κ3) is 6.34. The van der Waals surface area contributed by atoms with E-state index < -0.39 is 0 Å². The van der Waals surface area contributed by atoms with Gasteiger partial charge in [0.25, 0.3) is 0 Å². The molecular weight excluding hydrogens is 404 g/mol. The van der Waals surface area contributed by atoms with Crippen LogP contribution in [-0.2, 0) is 11.2 Å². The maximum atomic E-state index is 12.2. The highest BCUT2D eigenvalue weighted by molar-refractivity contribution is 7.99. The summed E-state index contributed by atoms with van der Waals surface area (Å²) in [5.74, 6) is 1.15. The molecular formula is C22H25ClN4OS. The molecule has 0 bridgehead atoms. The van der Waals surface area contributed by atoms with E-state index in [4.69, 9.17) is 11.6 Å². The van der Waals surface area contributed by atoms with Crippen LogP contribution in [0, 0.1) is 0 Å². The minimum absolute atomic E-state index is 0.0152. The Hall–Kier alpha value is -2.31. The summed E-state index contributed by atoms with van der Waals surface area (Å²) in [6.45, 7) is 2.87. The summed E-state index contributed by atoms with van der Waals surface area (Å²) in [6.07, 6.45) is 3.93. The first-order valence-electron chi connectivity index (χ1n) is 9.81. The topological polar surface area (TPSA) is 59.8 Å². The maximum absolute atomic E-state index is 12.2. The van der Waals surface area contributed by atoms with Gasteiger partial charge in [0.15, 0.2) is 5.16 Å². The average molecular weight is 429 g/mol. The molecule has 0 aliphatic rings. The number of unbranched alkanes of at least 4 members (excludes halogenated alkanes) is 2. The van der Waals surface area contributed by atoms with Gasteiger partial charge in [0, 0.05) is 23.7 Å². The van der Waals surface area contributed by atoms with Crippen LogP contribution in [0.15, 0.2) is 59.8 Å². The van der Waals surface area contributed by atoms with Crippen molar-refractivity contribution in [3.05, 3.63) is 71.0 Å². The number of carbonyl (C=O) groups excluding carboxylic acids is 1. The van der Waals surface area contributed by atoms with Gasteiger partial charge in [-0.1, -0.05) is 73.5 Å². The zero-order chi connectivity index (χ0) is 20.5. The summed E-state index contributed by atoms with van der Waals surface area (Å²) in [5, 5.41) is 13.1. The Morgan fingerprint density at radius 1 is 1.07 bits per heavy atom. The smallest absolute Gasteiger partial charge is 0.230 e. The number of hydrogen-bond donors (Lipinski definition) is 1. The molecule has 3 rings (SSSR count). The minimum Gasteiger partial charge on any atom is -0.355 e. The van der Waals surface area contributed by atoms with Crippen molar-refractivity contribution in [2.24, 2.45) is 0 Å². The Labute approximate surface area is 180 Å². The van der Waals surface area contributed by atoms with Gasteiger partial charge in [-0.3, -0.25) is 9.36 Å². The number of thioether (sulfide) groups is 1. The quantitative estimate of drug-likeness (QED) is 0.368. The number of nitrogens with zero attached hydrogens (tertiary/aromatic N) is 3. The number of halogens is 1. The second kappa shape index (κ2) is 11.0. The lowest BCUT2D eigenvalue weighted by Crippen LogP contribution is -2.26. The fraction of sp³-hybridized carbons (Fsp3) is 0.318. The number of rotatable bonds is 10. The van der Waals surface area contributed by atoms with E-state index in [0.717, 1.165) is 42.9 Å². The Morgan fingerprint density at radius 3 is 2.55 bits per heavy atom. The first-order valence-corrected chi connectivity index (χ1v) is 11.2. The molecule has 152 valence electrons. The van der Waals surface area contributed by atoms with Crippen LogP contribution >= 0.6 is 23.4 Å². The average Bonchev–Trinajstić information content (AvgIpc) is 3.13. The second-order valence-corrected chi connectivity index (χ2v) is 8.10. The molecule has 0 spiro atoms. The van der Waals surface area contributed by atoms with E-state index in [9.17, 15) is 4.79 Å². The lowest BCUT2D eigenvalue weighted by Gasteiger charge is -2.11.